The summed E-state index contributed by atoms with van der Waals surface area (Å²) < 4.78 is 26.9. The number of rotatable bonds is 6. The van der Waals surface area contributed by atoms with Crippen LogP contribution in [0.3, 0.4) is 0 Å². The average Bonchev–Trinajstić information content (AvgIpc) is 2.57. The van der Waals surface area contributed by atoms with Crippen molar-refractivity contribution in [2.45, 2.75) is 32.7 Å². The van der Waals surface area contributed by atoms with E-state index in [-0.39, 0.29) is 36.1 Å². The number of aliphatic imine (C=N–C) groups is 1. The van der Waals surface area contributed by atoms with Crippen molar-refractivity contribution >= 4 is 29.9 Å². The average molecular weight is 466 g/mol. The van der Waals surface area contributed by atoms with Crippen molar-refractivity contribution in [2.24, 2.45) is 10.9 Å². The van der Waals surface area contributed by atoms with Crippen LogP contribution in [0.4, 0.5) is 8.78 Å². The van der Waals surface area contributed by atoms with E-state index >= 15 is 0 Å². The van der Waals surface area contributed by atoms with Gasteiger partial charge in [0.25, 0.3) is 0 Å². The fourth-order valence-corrected chi connectivity index (χ4v) is 2.92. The van der Waals surface area contributed by atoms with Gasteiger partial charge >= 0.3 is 0 Å². The van der Waals surface area contributed by atoms with Gasteiger partial charge in [-0.05, 0) is 70.4 Å². The molecule has 0 unspecified atom stereocenters. The lowest BCUT2D eigenvalue weighted by Gasteiger charge is -2.29. The van der Waals surface area contributed by atoms with Crippen LogP contribution >= 0.6 is 24.0 Å². The highest BCUT2D eigenvalue weighted by atomic mass is 127. The summed E-state index contributed by atoms with van der Waals surface area (Å²) >= 11 is 0. The molecule has 1 aliphatic heterocycles. The molecule has 1 aromatic rings. The van der Waals surface area contributed by atoms with E-state index < -0.39 is 11.6 Å². The highest BCUT2D eigenvalue weighted by Crippen LogP contribution is 2.18. The van der Waals surface area contributed by atoms with E-state index in [9.17, 15) is 8.78 Å². The molecule has 7 heteroatoms. The molecule has 142 valence electrons. The van der Waals surface area contributed by atoms with Crippen molar-refractivity contribution in [3.05, 3.63) is 35.4 Å². The van der Waals surface area contributed by atoms with Crippen molar-refractivity contribution in [1.29, 1.82) is 0 Å². The van der Waals surface area contributed by atoms with Crippen LogP contribution in [-0.4, -0.2) is 44.1 Å². The third kappa shape index (κ3) is 7.85. The molecule has 0 aromatic heterocycles. The molecule has 1 heterocycles. The molecule has 4 nitrogen and oxygen atoms in total. The largest absolute Gasteiger partial charge is 0.357 e. The van der Waals surface area contributed by atoms with Crippen LogP contribution in [0.25, 0.3) is 0 Å². The second-order valence-electron chi connectivity index (χ2n) is 6.39. The quantitative estimate of drug-likeness (QED) is 0.384. The molecule has 1 fully saturated rings. The number of piperidine rings is 1. The van der Waals surface area contributed by atoms with Crippen LogP contribution in [0.15, 0.2) is 23.2 Å². The normalized spacial score (nSPS) is 16.4. The predicted octanol–water partition coefficient (Wildman–Crippen LogP) is 3.37. The maximum atomic E-state index is 13.7. The van der Waals surface area contributed by atoms with Gasteiger partial charge in [0, 0.05) is 18.7 Å². The monoisotopic (exact) mass is 466 g/mol. The first-order chi connectivity index (χ1) is 11.6. The van der Waals surface area contributed by atoms with Crippen molar-refractivity contribution in [1.82, 2.24) is 15.5 Å². The van der Waals surface area contributed by atoms with Gasteiger partial charge < -0.3 is 15.5 Å². The molecule has 0 radical (unpaired) electrons. The van der Waals surface area contributed by atoms with Gasteiger partial charge in [-0.1, -0.05) is 0 Å². The number of halogens is 3. The number of benzene rings is 1. The first kappa shape index (κ1) is 22.1. The van der Waals surface area contributed by atoms with E-state index in [1.165, 1.54) is 18.9 Å². The van der Waals surface area contributed by atoms with Crippen molar-refractivity contribution in [3.8, 4) is 0 Å². The van der Waals surface area contributed by atoms with Gasteiger partial charge in [-0.25, -0.2) is 13.8 Å². The molecule has 1 saturated heterocycles. The zero-order valence-electron chi connectivity index (χ0n) is 15.0. The first-order valence-corrected chi connectivity index (χ1v) is 8.73. The second-order valence-corrected chi connectivity index (χ2v) is 6.39. The lowest BCUT2D eigenvalue weighted by molar-refractivity contribution is 0.213. The Kier molecular flexibility index (Phi) is 10.3. The Morgan fingerprint density at radius 3 is 2.64 bits per heavy atom. The van der Waals surface area contributed by atoms with E-state index in [1.807, 2.05) is 6.92 Å². The number of likely N-dealkylation sites (tertiary alicyclic amines) is 1. The lowest BCUT2D eigenvalue weighted by atomic mass is 9.94. The molecule has 0 atom stereocenters. The van der Waals surface area contributed by atoms with Gasteiger partial charge in [0.1, 0.15) is 11.6 Å². The van der Waals surface area contributed by atoms with Crippen LogP contribution in [0.2, 0.25) is 0 Å². The fourth-order valence-electron chi connectivity index (χ4n) is 2.92. The van der Waals surface area contributed by atoms with E-state index in [0.29, 0.717) is 5.96 Å². The molecule has 0 bridgehead atoms. The Hall–Kier alpha value is -0.960. The maximum Gasteiger partial charge on any atom is 0.191 e. The van der Waals surface area contributed by atoms with E-state index in [0.717, 1.165) is 50.7 Å². The third-order valence-corrected chi connectivity index (χ3v) is 4.44. The van der Waals surface area contributed by atoms with Crippen LogP contribution in [0, 0.1) is 17.6 Å². The molecule has 0 saturated carbocycles. The Morgan fingerprint density at radius 1 is 1.24 bits per heavy atom. The molecular weight excluding hydrogens is 437 g/mol. The van der Waals surface area contributed by atoms with Crippen LogP contribution in [-0.2, 0) is 6.54 Å². The maximum absolute atomic E-state index is 13.7. The zero-order chi connectivity index (χ0) is 17.4. The van der Waals surface area contributed by atoms with Gasteiger partial charge in [0.15, 0.2) is 5.96 Å². The summed E-state index contributed by atoms with van der Waals surface area (Å²) in [6, 6.07) is 3.45. The first-order valence-electron chi connectivity index (χ1n) is 8.73. The minimum absolute atomic E-state index is 0. The lowest BCUT2D eigenvalue weighted by Crippen LogP contribution is -2.39. The number of hydrogen-bond donors (Lipinski definition) is 2. The molecule has 0 spiro atoms. The number of guanidine groups is 1. The molecule has 2 N–H and O–H groups in total. The van der Waals surface area contributed by atoms with E-state index in [4.69, 9.17) is 0 Å². The van der Waals surface area contributed by atoms with Crippen LogP contribution in [0.1, 0.15) is 31.7 Å². The number of hydrogen-bond acceptors (Lipinski definition) is 2. The third-order valence-electron chi connectivity index (χ3n) is 4.44. The summed E-state index contributed by atoms with van der Waals surface area (Å²) in [4.78, 5) is 6.72. The summed E-state index contributed by atoms with van der Waals surface area (Å²) in [7, 11) is 2.16. The minimum atomic E-state index is -0.443. The van der Waals surface area contributed by atoms with E-state index in [2.05, 4.69) is 27.6 Å². The summed E-state index contributed by atoms with van der Waals surface area (Å²) in [6.45, 7) is 6.00. The molecule has 25 heavy (non-hydrogen) atoms. The van der Waals surface area contributed by atoms with Gasteiger partial charge in [-0.2, -0.15) is 0 Å². The molecule has 1 aliphatic rings. The molecule has 2 rings (SSSR count). The summed E-state index contributed by atoms with van der Waals surface area (Å²) in [5.74, 6) is 0.524. The predicted molar refractivity (Wildman–Crippen MR) is 109 cm³/mol. The Bertz CT molecular complexity index is 546. The van der Waals surface area contributed by atoms with Crippen LogP contribution in [0.5, 0.6) is 0 Å². The topological polar surface area (TPSA) is 39.7 Å². The Labute approximate surface area is 166 Å². The van der Waals surface area contributed by atoms with Gasteiger partial charge in [-0.15, -0.1) is 24.0 Å². The van der Waals surface area contributed by atoms with Crippen LogP contribution < -0.4 is 10.6 Å². The smallest absolute Gasteiger partial charge is 0.191 e. The number of nitrogens with one attached hydrogen (secondary N) is 2. The van der Waals surface area contributed by atoms with Gasteiger partial charge in [-0.3, -0.25) is 0 Å². The highest BCUT2D eigenvalue weighted by Gasteiger charge is 2.16. The number of nitrogens with zero attached hydrogens (tertiary/aromatic N) is 2. The summed E-state index contributed by atoms with van der Waals surface area (Å²) in [6.07, 6.45) is 3.58. The molecule has 1 aromatic carbocycles. The standard InChI is InChI=1S/C18H28F2N4.HI/c1-3-21-18(22-9-6-14-7-10-24(2)11-8-14)23-13-15-12-16(19)4-5-17(15)20;/h4-5,12,14H,3,6-11,13H2,1-2H3,(H2,21,22,23);1H. The van der Waals surface area contributed by atoms with Crippen molar-refractivity contribution in [3.63, 3.8) is 0 Å². The highest BCUT2D eigenvalue weighted by molar-refractivity contribution is 14.0. The zero-order valence-corrected chi connectivity index (χ0v) is 17.4. The summed E-state index contributed by atoms with van der Waals surface area (Å²) in [5, 5.41) is 6.44. The second kappa shape index (κ2) is 11.6. The Morgan fingerprint density at radius 2 is 1.96 bits per heavy atom. The van der Waals surface area contributed by atoms with Gasteiger partial charge in [0.2, 0.25) is 0 Å². The molecule has 0 amide bonds. The fraction of sp³-hybridized carbons (Fsp3) is 0.611. The van der Waals surface area contributed by atoms with E-state index in [1.54, 1.807) is 0 Å². The molecule has 0 aliphatic carbocycles. The van der Waals surface area contributed by atoms with Gasteiger partial charge in [0.05, 0.1) is 6.54 Å². The molecular formula is C18H29F2IN4. The minimum Gasteiger partial charge on any atom is -0.357 e. The SMILES string of the molecule is CCNC(=NCc1cc(F)ccc1F)NCCC1CCN(C)CC1.I. The Balaban J connectivity index is 0.00000312. The van der Waals surface area contributed by atoms with Crippen molar-refractivity contribution < 1.29 is 8.78 Å². The summed E-state index contributed by atoms with van der Waals surface area (Å²) in [5.41, 5.74) is 0.266. The van der Waals surface area contributed by atoms with Crippen molar-refractivity contribution in [2.75, 3.05) is 33.2 Å².